The third-order valence-corrected chi connectivity index (χ3v) is 5.36. The van der Waals surface area contributed by atoms with Gasteiger partial charge in [0.1, 0.15) is 0 Å². The van der Waals surface area contributed by atoms with Crippen molar-refractivity contribution < 1.29 is 4.79 Å². The highest BCUT2D eigenvalue weighted by Crippen LogP contribution is 2.42. The molecular weight excluding hydrogens is 280 g/mol. The van der Waals surface area contributed by atoms with E-state index in [9.17, 15) is 4.79 Å². The van der Waals surface area contributed by atoms with E-state index >= 15 is 0 Å². The summed E-state index contributed by atoms with van der Waals surface area (Å²) in [5.41, 5.74) is 1.37. The second kappa shape index (κ2) is 6.91. The van der Waals surface area contributed by atoms with Crippen LogP contribution < -0.4 is 5.32 Å². The molecule has 21 heavy (non-hydrogen) atoms. The number of amides is 1. The number of carbonyl (C=O) groups is 1. The van der Waals surface area contributed by atoms with Gasteiger partial charge < -0.3 is 5.32 Å². The summed E-state index contributed by atoms with van der Waals surface area (Å²) >= 11 is 1.67. The fraction of sp³-hybridized carbons (Fsp3) is 0.765. The molecule has 0 radical (unpaired) electrons. The molecule has 1 aliphatic carbocycles. The lowest BCUT2D eigenvalue weighted by Crippen LogP contribution is -2.32. The van der Waals surface area contributed by atoms with Crippen LogP contribution in [0.3, 0.4) is 0 Å². The third-order valence-electron chi connectivity index (χ3n) is 4.32. The topological polar surface area (TPSA) is 42.0 Å². The van der Waals surface area contributed by atoms with E-state index in [1.165, 1.54) is 19.3 Å². The Morgan fingerprint density at radius 2 is 2.24 bits per heavy atom. The van der Waals surface area contributed by atoms with Gasteiger partial charge in [-0.1, -0.05) is 27.7 Å². The molecule has 0 aliphatic heterocycles. The number of hydrogen-bond acceptors (Lipinski definition) is 3. The van der Waals surface area contributed by atoms with Crippen molar-refractivity contribution in [1.82, 2.24) is 10.3 Å². The Labute approximate surface area is 132 Å². The van der Waals surface area contributed by atoms with E-state index in [1.807, 2.05) is 5.38 Å². The second-order valence-corrected chi connectivity index (χ2v) is 8.29. The predicted octanol–water partition coefficient (Wildman–Crippen LogP) is 4.17. The summed E-state index contributed by atoms with van der Waals surface area (Å²) in [6.45, 7) is 9.64. The Kier molecular flexibility index (Phi) is 5.42. The molecule has 4 heteroatoms. The Balaban J connectivity index is 1.78. The minimum absolute atomic E-state index is 0.177. The number of hydrogen-bond donors (Lipinski definition) is 1. The fourth-order valence-corrected chi connectivity index (χ4v) is 4.56. The van der Waals surface area contributed by atoms with Crippen LogP contribution in [0, 0.1) is 17.3 Å². The zero-order valence-electron chi connectivity index (χ0n) is 13.7. The number of carbonyl (C=O) groups excluding carboxylic acids is 1. The molecule has 2 unspecified atom stereocenters. The van der Waals surface area contributed by atoms with Crippen molar-refractivity contribution in [3.8, 4) is 0 Å². The summed E-state index contributed by atoms with van der Waals surface area (Å²) in [6, 6.07) is 0. The van der Waals surface area contributed by atoms with Gasteiger partial charge in [-0.3, -0.25) is 4.79 Å². The van der Waals surface area contributed by atoms with Gasteiger partial charge in [-0.15, -0.1) is 11.3 Å². The largest absolute Gasteiger partial charge is 0.350 e. The molecule has 1 N–H and O–H groups in total. The number of nitrogens with zero attached hydrogens (tertiary/aromatic N) is 1. The summed E-state index contributed by atoms with van der Waals surface area (Å²) in [6.07, 6.45) is 5.27. The monoisotopic (exact) mass is 308 g/mol. The molecule has 1 fully saturated rings. The number of aryl methyl sites for hydroxylation is 1. The highest BCUT2D eigenvalue weighted by atomic mass is 32.1. The molecule has 118 valence electrons. The minimum Gasteiger partial charge on any atom is -0.350 e. The SMILES string of the molecule is CCc1nc(CNC(=O)CC2CC(C)CC(C)(C)C2)cs1. The van der Waals surface area contributed by atoms with Crippen molar-refractivity contribution >= 4 is 17.2 Å². The zero-order valence-corrected chi connectivity index (χ0v) is 14.6. The number of aromatic nitrogens is 1. The van der Waals surface area contributed by atoms with Crippen molar-refractivity contribution in [2.24, 2.45) is 17.3 Å². The fourth-order valence-electron chi connectivity index (χ4n) is 3.82. The van der Waals surface area contributed by atoms with Gasteiger partial charge in [-0.05, 0) is 42.9 Å². The van der Waals surface area contributed by atoms with Crippen molar-refractivity contribution in [1.29, 1.82) is 0 Å². The standard InChI is InChI=1S/C17H28N2OS/c1-5-16-19-14(11-21-16)10-18-15(20)7-13-6-12(2)8-17(3,4)9-13/h11-13H,5-10H2,1-4H3,(H,18,20). The lowest BCUT2D eigenvalue weighted by Gasteiger charge is -2.38. The Morgan fingerprint density at radius 3 is 2.86 bits per heavy atom. The van der Waals surface area contributed by atoms with Gasteiger partial charge in [0, 0.05) is 11.8 Å². The van der Waals surface area contributed by atoms with Crippen LogP contribution in [0.1, 0.15) is 64.1 Å². The normalized spacial score (nSPS) is 24.8. The van der Waals surface area contributed by atoms with Crippen LogP contribution in [0.25, 0.3) is 0 Å². The van der Waals surface area contributed by atoms with E-state index in [4.69, 9.17) is 0 Å². The van der Waals surface area contributed by atoms with Gasteiger partial charge >= 0.3 is 0 Å². The molecule has 1 amide bonds. The van der Waals surface area contributed by atoms with E-state index in [-0.39, 0.29) is 5.91 Å². The second-order valence-electron chi connectivity index (χ2n) is 7.35. The van der Waals surface area contributed by atoms with E-state index in [2.05, 4.69) is 38.0 Å². The molecule has 1 heterocycles. The molecule has 0 aromatic carbocycles. The lowest BCUT2D eigenvalue weighted by atomic mass is 9.67. The highest BCUT2D eigenvalue weighted by Gasteiger charge is 2.32. The van der Waals surface area contributed by atoms with Crippen LogP contribution in [0.2, 0.25) is 0 Å². The van der Waals surface area contributed by atoms with Crippen molar-refractivity contribution in [3.63, 3.8) is 0 Å². The molecule has 0 spiro atoms. The van der Waals surface area contributed by atoms with Crippen LogP contribution in [-0.4, -0.2) is 10.9 Å². The average Bonchev–Trinajstić information content (AvgIpc) is 2.81. The van der Waals surface area contributed by atoms with Gasteiger partial charge in [-0.25, -0.2) is 4.98 Å². The number of thiazole rings is 1. The van der Waals surface area contributed by atoms with E-state index < -0.39 is 0 Å². The van der Waals surface area contributed by atoms with Crippen molar-refractivity contribution in [2.45, 2.75) is 66.3 Å². The smallest absolute Gasteiger partial charge is 0.220 e. The van der Waals surface area contributed by atoms with Crippen molar-refractivity contribution in [3.05, 3.63) is 16.1 Å². The van der Waals surface area contributed by atoms with Gasteiger partial charge in [-0.2, -0.15) is 0 Å². The highest BCUT2D eigenvalue weighted by molar-refractivity contribution is 7.09. The maximum absolute atomic E-state index is 12.1. The Bertz CT molecular complexity index is 481. The lowest BCUT2D eigenvalue weighted by molar-refractivity contribution is -0.122. The van der Waals surface area contributed by atoms with Gasteiger partial charge in [0.15, 0.2) is 0 Å². The first-order valence-electron chi connectivity index (χ1n) is 8.08. The number of nitrogens with one attached hydrogen (secondary N) is 1. The molecule has 1 aromatic rings. The summed E-state index contributed by atoms with van der Waals surface area (Å²) in [5.74, 6) is 1.44. The number of rotatable bonds is 5. The van der Waals surface area contributed by atoms with Crippen LogP contribution in [-0.2, 0) is 17.8 Å². The average molecular weight is 308 g/mol. The third kappa shape index (κ3) is 5.10. The van der Waals surface area contributed by atoms with E-state index in [1.54, 1.807) is 11.3 Å². The Hall–Kier alpha value is -0.900. The molecule has 1 aromatic heterocycles. The molecule has 0 saturated heterocycles. The molecule has 2 rings (SSSR count). The van der Waals surface area contributed by atoms with Gasteiger partial charge in [0.05, 0.1) is 17.2 Å². The van der Waals surface area contributed by atoms with Crippen LogP contribution in [0.15, 0.2) is 5.38 Å². The molecule has 0 bridgehead atoms. The maximum atomic E-state index is 12.1. The first kappa shape index (κ1) is 16.5. The summed E-state index contributed by atoms with van der Waals surface area (Å²) in [5, 5.41) is 6.22. The molecule has 1 aliphatic rings. The van der Waals surface area contributed by atoms with Gasteiger partial charge in [0.25, 0.3) is 0 Å². The van der Waals surface area contributed by atoms with E-state index in [0.717, 1.165) is 23.0 Å². The summed E-state index contributed by atoms with van der Waals surface area (Å²) in [4.78, 5) is 16.6. The van der Waals surface area contributed by atoms with Crippen LogP contribution >= 0.6 is 11.3 Å². The predicted molar refractivity (Wildman–Crippen MR) is 88.2 cm³/mol. The molecule has 2 atom stereocenters. The first-order valence-corrected chi connectivity index (χ1v) is 8.96. The van der Waals surface area contributed by atoms with Crippen LogP contribution in [0.5, 0.6) is 0 Å². The Morgan fingerprint density at radius 1 is 1.48 bits per heavy atom. The molecular formula is C17H28N2OS. The zero-order chi connectivity index (χ0) is 15.5. The molecule has 1 saturated carbocycles. The molecule has 3 nitrogen and oxygen atoms in total. The summed E-state index contributed by atoms with van der Waals surface area (Å²) < 4.78 is 0. The first-order chi connectivity index (χ1) is 9.88. The quantitative estimate of drug-likeness (QED) is 0.887. The minimum atomic E-state index is 0.177. The van der Waals surface area contributed by atoms with Gasteiger partial charge in [0.2, 0.25) is 5.91 Å². The van der Waals surface area contributed by atoms with E-state index in [0.29, 0.717) is 24.3 Å². The maximum Gasteiger partial charge on any atom is 0.220 e. The van der Waals surface area contributed by atoms with Crippen molar-refractivity contribution in [2.75, 3.05) is 0 Å². The van der Waals surface area contributed by atoms with Crippen LogP contribution in [0.4, 0.5) is 0 Å². The summed E-state index contributed by atoms with van der Waals surface area (Å²) in [7, 11) is 0.